The van der Waals surface area contributed by atoms with Gasteiger partial charge in [0.15, 0.2) is 16.6 Å². The van der Waals surface area contributed by atoms with Crippen LogP contribution in [0.1, 0.15) is 48.9 Å². The van der Waals surface area contributed by atoms with Gasteiger partial charge in [0.05, 0.1) is 11.3 Å². The van der Waals surface area contributed by atoms with Crippen molar-refractivity contribution in [3.8, 4) is 11.5 Å². The number of hydrogen-bond donors (Lipinski definition) is 2. The number of carboxylic acids is 1. The van der Waals surface area contributed by atoms with Crippen molar-refractivity contribution in [3.63, 3.8) is 0 Å². The summed E-state index contributed by atoms with van der Waals surface area (Å²) in [7, 11) is 0. The number of piperidine rings is 1. The molecule has 194 valence electrons. The van der Waals surface area contributed by atoms with Crippen molar-refractivity contribution in [2.45, 2.75) is 62.4 Å². The van der Waals surface area contributed by atoms with Crippen LogP contribution in [-0.4, -0.2) is 57.0 Å². The Morgan fingerprint density at radius 2 is 1.92 bits per heavy atom. The summed E-state index contributed by atoms with van der Waals surface area (Å²) in [6, 6.07) is 10.7. The van der Waals surface area contributed by atoms with Gasteiger partial charge in [-0.3, -0.25) is 14.4 Å². The average molecular weight is 525 g/mol. The first-order valence-electron chi connectivity index (χ1n) is 12.3. The maximum Gasteiger partial charge on any atom is 0.326 e. The van der Waals surface area contributed by atoms with Crippen LogP contribution in [0, 0.1) is 0 Å². The summed E-state index contributed by atoms with van der Waals surface area (Å²) in [5.41, 5.74) is 2.62. The van der Waals surface area contributed by atoms with Gasteiger partial charge in [0.1, 0.15) is 12.1 Å². The lowest BCUT2D eigenvalue weighted by Gasteiger charge is -2.40. The SMILES string of the molecule is CC(=O)SC(Cc1ccc2c(c1)OCO2)C(=O)NC1Cc2ccccc2C2CCCC(C(=O)O)N2C1=O. The number of fused-ring (bicyclic) bond motifs is 4. The molecule has 2 amide bonds. The lowest BCUT2D eigenvalue weighted by molar-refractivity contribution is -0.156. The van der Waals surface area contributed by atoms with E-state index in [4.69, 9.17) is 9.47 Å². The van der Waals surface area contributed by atoms with Crippen LogP contribution in [0.4, 0.5) is 0 Å². The zero-order valence-electron chi connectivity index (χ0n) is 20.3. The van der Waals surface area contributed by atoms with Crippen molar-refractivity contribution >= 4 is 34.7 Å². The van der Waals surface area contributed by atoms with Crippen LogP contribution in [0.5, 0.6) is 11.5 Å². The minimum absolute atomic E-state index is 0.130. The number of carbonyl (C=O) groups excluding carboxylic acids is 3. The molecular formula is C27H28N2O7S. The number of ether oxygens (including phenoxy) is 2. The molecule has 1 fully saturated rings. The molecule has 4 atom stereocenters. The third-order valence-electron chi connectivity index (χ3n) is 7.08. The number of thioether (sulfide) groups is 1. The number of carbonyl (C=O) groups is 4. The molecule has 0 aromatic heterocycles. The molecule has 1 saturated heterocycles. The standard InChI is InChI=1S/C27H28N2O7S/c1-15(30)37-24(12-16-9-10-22-23(11-16)36-14-35-22)25(31)28-19-13-17-5-2-3-6-18(17)20-7-4-8-21(27(33)34)29(20)26(19)32/h2-3,5-6,9-11,19-21,24H,4,7-8,12-14H2,1H3,(H,28,31)(H,33,34). The predicted octanol–water partition coefficient (Wildman–Crippen LogP) is 2.85. The molecule has 4 unspecified atom stereocenters. The summed E-state index contributed by atoms with van der Waals surface area (Å²) >= 11 is 0.903. The molecule has 0 spiro atoms. The molecule has 3 aliphatic rings. The van der Waals surface area contributed by atoms with Crippen molar-refractivity contribution in [3.05, 3.63) is 59.2 Å². The number of amides is 2. The van der Waals surface area contributed by atoms with E-state index >= 15 is 0 Å². The highest BCUT2D eigenvalue weighted by Crippen LogP contribution is 2.39. The van der Waals surface area contributed by atoms with Gasteiger partial charge in [0.2, 0.25) is 18.6 Å². The fraction of sp³-hybridized carbons (Fsp3) is 0.407. The zero-order valence-corrected chi connectivity index (χ0v) is 21.2. The number of benzene rings is 2. The van der Waals surface area contributed by atoms with Crippen molar-refractivity contribution in [1.29, 1.82) is 0 Å². The largest absolute Gasteiger partial charge is 0.480 e. The minimum atomic E-state index is -1.05. The molecule has 3 heterocycles. The number of nitrogens with one attached hydrogen (secondary N) is 1. The Bertz CT molecular complexity index is 1250. The van der Waals surface area contributed by atoms with Crippen molar-refractivity contribution in [1.82, 2.24) is 10.2 Å². The van der Waals surface area contributed by atoms with E-state index in [-0.39, 0.29) is 30.8 Å². The smallest absolute Gasteiger partial charge is 0.326 e. The van der Waals surface area contributed by atoms with Crippen LogP contribution in [0.2, 0.25) is 0 Å². The number of nitrogens with zero attached hydrogens (tertiary/aromatic N) is 1. The summed E-state index contributed by atoms with van der Waals surface area (Å²) in [6.45, 7) is 1.53. The van der Waals surface area contributed by atoms with Gasteiger partial charge in [-0.15, -0.1) is 0 Å². The summed E-state index contributed by atoms with van der Waals surface area (Å²) in [6.07, 6.45) is 2.23. The molecule has 0 radical (unpaired) electrons. The molecule has 5 rings (SSSR count). The van der Waals surface area contributed by atoms with Gasteiger partial charge in [-0.1, -0.05) is 42.1 Å². The van der Waals surface area contributed by atoms with Gasteiger partial charge < -0.3 is 24.8 Å². The fourth-order valence-corrected chi connectivity index (χ4v) is 6.29. The van der Waals surface area contributed by atoms with Crippen LogP contribution >= 0.6 is 11.8 Å². The molecule has 37 heavy (non-hydrogen) atoms. The van der Waals surface area contributed by atoms with E-state index in [2.05, 4.69) is 5.32 Å². The zero-order chi connectivity index (χ0) is 26.1. The first kappa shape index (κ1) is 25.1. The van der Waals surface area contributed by atoms with Crippen molar-refractivity contribution < 1.29 is 33.8 Å². The molecule has 3 aliphatic heterocycles. The molecule has 0 saturated carbocycles. The van der Waals surface area contributed by atoms with E-state index in [1.54, 1.807) is 12.1 Å². The maximum atomic E-state index is 13.8. The van der Waals surface area contributed by atoms with Gasteiger partial charge in [-0.05, 0) is 54.5 Å². The second kappa shape index (κ2) is 10.5. The van der Waals surface area contributed by atoms with E-state index in [1.807, 2.05) is 30.3 Å². The quantitative estimate of drug-likeness (QED) is 0.592. The second-order valence-corrected chi connectivity index (χ2v) is 10.9. The Balaban J connectivity index is 1.41. The third kappa shape index (κ3) is 5.16. The van der Waals surface area contributed by atoms with E-state index in [0.717, 1.165) is 28.5 Å². The molecule has 2 aromatic rings. The van der Waals surface area contributed by atoms with Crippen LogP contribution in [0.25, 0.3) is 0 Å². The van der Waals surface area contributed by atoms with Crippen molar-refractivity contribution in [2.24, 2.45) is 0 Å². The normalized spacial score (nSPS) is 22.9. The summed E-state index contributed by atoms with van der Waals surface area (Å²) < 4.78 is 10.8. The van der Waals surface area contributed by atoms with Crippen molar-refractivity contribution in [2.75, 3.05) is 6.79 Å². The van der Waals surface area contributed by atoms with Gasteiger partial charge in [-0.2, -0.15) is 0 Å². The van der Waals surface area contributed by atoms with Crippen LogP contribution in [-0.2, 0) is 32.0 Å². The molecule has 10 heteroatoms. The van der Waals surface area contributed by atoms with E-state index in [1.165, 1.54) is 11.8 Å². The Hall–Kier alpha value is -3.53. The van der Waals surface area contributed by atoms with E-state index in [0.29, 0.717) is 30.8 Å². The number of hydrogen-bond acceptors (Lipinski definition) is 7. The highest BCUT2D eigenvalue weighted by Gasteiger charge is 2.44. The van der Waals surface area contributed by atoms with E-state index in [9.17, 15) is 24.3 Å². The topological polar surface area (TPSA) is 122 Å². The van der Waals surface area contributed by atoms with Gasteiger partial charge >= 0.3 is 5.97 Å². The van der Waals surface area contributed by atoms with Crippen LogP contribution in [0.15, 0.2) is 42.5 Å². The Morgan fingerprint density at radius 3 is 2.70 bits per heavy atom. The molecule has 9 nitrogen and oxygen atoms in total. The number of aliphatic carboxylic acids is 1. The molecule has 0 aliphatic carbocycles. The lowest BCUT2D eigenvalue weighted by atomic mass is 9.89. The fourth-order valence-electron chi connectivity index (χ4n) is 5.43. The van der Waals surface area contributed by atoms with Gasteiger partial charge in [0.25, 0.3) is 0 Å². The Kier molecular flexibility index (Phi) is 7.10. The maximum absolute atomic E-state index is 13.8. The first-order chi connectivity index (χ1) is 17.8. The Morgan fingerprint density at radius 1 is 1.14 bits per heavy atom. The highest BCUT2D eigenvalue weighted by atomic mass is 32.2. The summed E-state index contributed by atoms with van der Waals surface area (Å²) in [5.74, 6) is -0.700. The number of rotatable bonds is 6. The summed E-state index contributed by atoms with van der Waals surface area (Å²) in [5, 5.41) is 11.7. The predicted molar refractivity (Wildman–Crippen MR) is 135 cm³/mol. The van der Waals surface area contributed by atoms with Crippen LogP contribution < -0.4 is 14.8 Å². The minimum Gasteiger partial charge on any atom is -0.480 e. The molecule has 2 N–H and O–H groups in total. The average Bonchev–Trinajstić information content (AvgIpc) is 3.30. The monoisotopic (exact) mass is 524 g/mol. The van der Waals surface area contributed by atoms with E-state index < -0.39 is 35.1 Å². The molecular weight excluding hydrogens is 496 g/mol. The third-order valence-corrected chi connectivity index (χ3v) is 8.07. The molecule has 2 aromatic carbocycles. The van der Waals surface area contributed by atoms with Gasteiger partial charge in [0, 0.05) is 13.3 Å². The Labute approximate surface area is 218 Å². The van der Waals surface area contributed by atoms with Gasteiger partial charge in [-0.25, -0.2) is 4.79 Å². The summed E-state index contributed by atoms with van der Waals surface area (Å²) in [4.78, 5) is 52.8. The second-order valence-electron chi connectivity index (χ2n) is 9.50. The highest BCUT2D eigenvalue weighted by molar-refractivity contribution is 8.14. The number of carboxylic acid groups (broad SMARTS) is 1. The molecule has 0 bridgehead atoms. The van der Waals surface area contributed by atoms with Crippen LogP contribution in [0.3, 0.4) is 0 Å². The first-order valence-corrected chi connectivity index (χ1v) is 13.2. The lowest BCUT2D eigenvalue weighted by Crippen LogP contribution is -2.56.